The molecule has 4 heteroatoms. The van der Waals surface area contributed by atoms with E-state index >= 15 is 0 Å². The molecule has 2 nitrogen and oxygen atoms in total. The molecule has 2 aromatic heterocycles. The normalized spacial score (nSPS) is 10.5. The molecule has 0 spiro atoms. The van der Waals surface area contributed by atoms with Crippen molar-refractivity contribution in [1.29, 1.82) is 0 Å². The first-order chi connectivity index (χ1) is 12.3. The third-order valence-electron chi connectivity index (χ3n) is 3.51. The van der Waals surface area contributed by atoms with Gasteiger partial charge in [-0.3, -0.25) is 4.98 Å². The molecule has 0 bridgehead atoms. The fourth-order valence-electron chi connectivity index (χ4n) is 2.24. The van der Waals surface area contributed by atoms with Gasteiger partial charge in [0.1, 0.15) is 5.69 Å². The number of hydrogen-bond acceptors (Lipinski definition) is 2. The fraction of sp³-hybridized carbons (Fsp3) is 0.0476. The van der Waals surface area contributed by atoms with Crippen LogP contribution >= 0.6 is 23.2 Å². The van der Waals surface area contributed by atoms with E-state index in [9.17, 15) is 0 Å². The summed E-state index contributed by atoms with van der Waals surface area (Å²) in [4.78, 5) is 8.54. The van der Waals surface area contributed by atoms with Gasteiger partial charge in [-0.1, -0.05) is 47.9 Å². The van der Waals surface area contributed by atoms with Gasteiger partial charge in [-0.05, 0) is 41.3 Å². The molecule has 0 unspecified atom stereocenters. The molecule has 2 heterocycles. The SMILES string of the molecule is ClC/C=C/c1ccncc1C#Cc1ccc(-c2ccc(Cl)cc2)cn1. The van der Waals surface area contributed by atoms with Crippen LogP contribution in [0.15, 0.2) is 67.1 Å². The average Bonchev–Trinajstić information content (AvgIpc) is 2.66. The van der Waals surface area contributed by atoms with Gasteiger partial charge < -0.3 is 0 Å². The first-order valence-corrected chi connectivity index (χ1v) is 8.58. The molecular weight excluding hydrogens is 351 g/mol. The summed E-state index contributed by atoms with van der Waals surface area (Å²) in [6.45, 7) is 0. The van der Waals surface area contributed by atoms with Crippen molar-refractivity contribution >= 4 is 29.3 Å². The quantitative estimate of drug-likeness (QED) is 0.456. The highest BCUT2D eigenvalue weighted by Crippen LogP contribution is 2.20. The van der Waals surface area contributed by atoms with Crippen molar-refractivity contribution in [2.75, 3.05) is 5.88 Å². The molecular formula is C21H14Cl2N2. The van der Waals surface area contributed by atoms with E-state index in [1.807, 2.05) is 60.8 Å². The Balaban J connectivity index is 1.82. The first kappa shape index (κ1) is 17.2. The molecule has 1 aromatic carbocycles. The lowest BCUT2D eigenvalue weighted by Crippen LogP contribution is -1.87. The summed E-state index contributed by atoms with van der Waals surface area (Å²) >= 11 is 11.6. The van der Waals surface area contributed by atoms with E-state index in [0.29, 0.717) is 11.6 Å². The second-order valence-corrected chi connectivity index (χ2v) is 5.95. The zero-order chi connectivity index (χ0) is 17.5. The molecule has 0 radical (unpaired) electrons. The topological polar surface area (TPSA) is 25.8 Å². The maximum atomic E-state index is 5.92. The smallest absolute Gasteiger partial charge is 0.113 e. The predicted octanol–water partition coefficient (Wildman–Crippen LogP) is 5.45. The lowest BCUT2D eigenvalue weighted by Gasteiger charge is -2.01. The van der Waals surface area contributed by atoms with Crippen LogP contribution in [-0.2, 0) is 0 Å². The average molecular weight is 365 g/mol. The van der Waals surface area contributed by atoms with E-state index in [2.05, 4.69) is 21.8 Å². The minimum atomic E-state index is 0.461. The minimum Gasteiger partial charge on any atom is -0.263 e. The number of alkyl halides is 1. The third-order valence-corrected chi connectivity index (χ3v) is 3.94. The number of hydrogen-bond donors (Lipinski definition) is 0. The fourth-order valence-corrected chi connectivity index (χ4v) is 2.45. The Bertz CT molecular complexity index is 934. The van der Waals surface area contributed by atoms with Crippen LogP contribution in [0, 0.1) is 11.8 Å². The number of nitrogens with zero attached hydrogens (tertiary/aromatic N) is 2. The molecule has 122 valence electrons. The molecule has 0 saturated carbocycles. The Labute approximate surface area is 157 Å². The maximum absolute atomic E-state index is 5.92. The van der Waals surface area contributed by atoms with E-state index < -0.39 is 0 Å². The van der Waals surface area contributed by atoms with Gasteiger partial charge in [0.15, 0.2) is 0 Å². The van der Waals surface area contributed by atoms with E-state index in [1.165, 1.54) is 0 Å². The van der Waals surface area contributed by atoms with E-state index in [-0.39, 0.29) is 0 Å². The Kier molecular flexibility index (Phi) is 5.85. The second-order valence-electron chi connectivity index (χ2n) is 5.21. The van der Waals surface area contributed by atoms with Crippen molar-refractivity contribution in [2.45, 2.75) is 0 Å². The van der Waals surface area contributed by atoms with E-state index in [4.69, 9.17) is 23.2 Å². The number of halogens is 2. The van der Waals surface area contributed by atoms with Gasteiger partial charge in [0, 0.05) is 35.1 Å². The summed E-state index contributed by atoms with van der Waals surface area (Å²) in [6.07, 6.45) is 9.10. The van der Waals surface area contributed by atoms with Crippen LogP contribution in [0.3, 0.4) is 0 Å². The monoisotopic (exact) mass is 364 g/mol. The van der Waals surface area contributed by atoms with Crippen LogP contribution < -0.4 is 0 Å². The molecule has 25 heavy (non-hydrogen) atoms. The van der Waals surface area contributed by atoms with Gasteiger partial charge in [-0.2, -0.15) is 0 Å². The summed E-state index contributed by atoms with van der Waals surface area (Å²) in [5.41, 5.74) is 4.62. The molecule has 3 aromatic rings. The van der Waals surface area contributed by atoms with Crippen molar-refractivity contribution in [3.8, 4) is 23.0 Å². The first-order valence-electron chi connectivity index (χ1n) is 7.67. The van der Waals surface area contributed by atoms with Crippen LogP contribution in [0.25, 0.3) is 17.2 Å². The van der Waals surface area contributed by atoms with Crippen LogP contribution in [0.5, 0.6) is 0 Å². The van der Waals surface area contributed by atoms with Gasteiger partial charge in [0.25, 0.3) is 0 Å². The molecule has 0 aliphatic heterocycles. The molecule has 0 N–H and O–H groups in total. The van der Waals surface area contributed by atoms with Gasteiger partial charge in [-0.25, -0.2) is 4.98 Å². The number of benzene rings is 1. The zero-order valence-corrected chi connectivity index (χ0v) is 14.8. The summed E-state index contributed by atoms with van der Waals surface area (Å²) in [6, 6.07) is 13.5. The summed E-state index contributed by atoms with van der Waals surface area (Å²) in [5.74, 6) is 6.66. The van der Waals surface area contributed by atoms with Crippen molar-refractivity contribution in [3.05, 3.63) is 89.0 Å². The Hall–Kier alpha value is -2.60. The van der Waals surface area contributed by atoms with Gasteiger partial charge in [-0.15, -0.1) is 11.6 Å². The van der Waals surface area contributed by atoms with Crippen LogP contribution in [-0.4, -0.2) is 15.8 Å². The maximum Gasteiger partial charge on any atom is 0.113 e. The van der Waals surface area contributed by atoms with Gasteiger partial charge in [0.05, 0.1) is 5.56 Å². The molecule has 0 aliphatic carbocycles. The van der Waals surface area contributed by atoms with Gasteiger partial charge >= 0.3 is 0 Å². The molecule has 0 aliphatic rings. The van der Waals surface area contributed by atoms with E-state index in [1.54, 1.807) is 12.4 Å². The highest BCUT2D eigenvalue weighted by molar-refractivity contribution is 6.30. The summed E-state index contributed by atoms with van der Waals surface area (Å²) < 4.78 is 0. The van der Waals surface area contributed by atoms with Crippen molar-refractivity contribution in [3.63, 3.8) is 0 Å². The molecule has 0 atom stereocenters. The zero-order valence-electron chi connectivity index (χ0n) is 13.3. The number of pyridine rings is 2. The highest BCUT2D eigenvalue weighted by Gasteiger charge is 1.99. The minimum absolute atomic E-state index is 0.461. The predicted molar refractivity (Wildman–Crippen MR) is 105 cm³/mol. The number of aromatic nitrogens is 2. The summed E-state index contributed by atoms with van der Waals surface area (Å²) in [7, 11) is 0. The van der Waals surface area contributed by atoms with Crippen LogP contribution in [0.4, 0.5) is 0 Å². The summed E-state index contributed by atoms with van der Waals surface area (Å²) in [5, 5.41) is 0.717. The lowest BCUT2D eigenvalue weighted by atomic mass is 10.1. The number of rotatable bonds is 3. The third kappa shape index (κ3) is 4.70. The van der Waals surface area contributed by atoms with Crippen molar-refractivity contribution in [2.24, 2.45) is 0 Å². The largest absolute Gasteiger partial charge is 0.263 e. The Morgan fingerprint density at radius 3 is 2.44 bits per heavy atom. The van der Waals surface area contributed by atoms with Crippen molar-refractivity contribution in [1.82, 2.24) is 9.97 Å². The number of allylic oxidation sites excluding steroid dienone is 1. The standard InChI is InChI=1S/C21H14Cl2N2/c22-12-1-2-16-11-13-24-14-18(16)5-9-21-10-6-19(15-25-21)17-3-7-20(23)8-4-17/h1-4,6-8,10-11,13-15H,12H2/b2-1+. The Morgan fingerprint density at radius 2 is 1.72 bits per heavy atom. The van der Waals surface area contributed by atoms with Crippen LogP contribution in [0.2, 0.25) is 5.02 Å². The molecule has 0 saturated heterocycles. The van der Waals surface area contributed by atoms with E-state index in [0.717, 1.165) is 27.3 Å². The van der Waals surface area contributed by atoms with Gasteiger partial charge in [0.2, 0.25) is 0 Å². The van der Waals surface area contributed by atoms with Crippen molar-refractivity contribution < 1.29 is 0 Å². The molecule has 3 rings (SSSR count). The van der Waals surface area contributed by atoms with Crippen LogP contribution in [0.1, 0.15) is 16.8 Å². The second kappa shape index (κ2) is 8.48. The lowest BCUT2D eigenvalue weighted by molar-refractivity contribution is 1.28. The highest BCUT2D eigenvalue weighted by atomic mass is 35.5. The molecule has 0 amide bonds. The molecule has 0 fully saturated rings. The Morgan fingerprint density at radius 1 is 0.920 bits per heavy atom.